The molecule has 2 heterocycles. The molecule has 96 valence electrons. The van der Waals surface area contributed by atoms with Crippen LogP contribution in [0.2, 0.25) is 0 Å². The number of carbonyl (C=O) groups excluding carboxylic acids is 1. The number of amides is 2. The number of nitrogens with zero attached hydrogens (tertiary/aromatic N) is 3. The smallest absolute Gasteiger partial charge is 0.314 e. The summed E-state index contributed by atoms with van der Waals surface area (Å²) >= 11 is 1.54. The highest BCUT2D eigenvalue weighted by Gasteiger charge is 2.04. The van der Waals surface area contributed by atoms with E-state index >= 15 is 0 Å². The van der Waals surface area contributed by atoms with Gasteiger partial charge in [-0.1, -0.05) is 0 Å². The third kappa shape index (κ3) is 3.30. The van der Waals surface area contributed by atoms with Gasteiger partial charge < -0.3 is 10.6 Å². The first-order valence-electron chi connectivity index (χ1n) is 5.75. The Morgan fingerprint density at radius 1 is 1.50 bits per heavy atom. The summed E-state index contributed by atoms with van der Waals surface area (Å²) in [4.78, 5) is 15.6. The van der Waals surface area contributed by atoms with Crippen molar-refractivity contribution < 1.29 is 4.79 Å². The van der Waals surface area contributed by atoms with Crippen LogP contribution in [0.4, 0.5) is 4.79 Å². The van der Waals surface area contributed by atoms with E-state index in [-0.39, 0.29) is 6.03 Å². The summed E-state index contributed by atoms with van der Waals surface area (Å²) in [5.41, 5.74) is 0.960. The van der Waals surface area contributed by atoms with Gasteiger partial charge in [-0.15, -0.1) is 11.3 Å². The molecule has 2 N–H and O–H groups in total. The molecule has 2 rings (SSSR count). The van der Waals surface area contributed by atoms with E-state index in [4.69, 9.17) is 0 Å². The maximum atomic E-state index is 11.2. The van der Waals surface area contributed by atoms with Crippen molar-refractivity contribution in [1.29, 1.82) is 0 Å². The Morgan fingerprint density at radius 2 is 2.39 bits per heavy atom. The molecule has 0 bridgehead atoms. The molecule has 2 amide bonds. The SMILES string of the molecule is CCNC(=O)NCCc1csc(-n2cccn2)n1. The summed E-state index contributed by atoms with van der Waals surface area (Å²) in [5.74, 6) is 0. The molecule has 0 spiro atoms. The lowest BCUT2D eigenvalue weighted by Gasteiger charge is -2.03. The monoisotopic (exact) mass is 265 g/mol. The normalized spacial score (nSPS) is 10.3. The van der Waals surface area contributed by atoms with Gasteiger partial charge in [0.05, 0.1) is 5.69 Å². The number of hydrogen-bond acceptors (Lipinski definition) is 4. The topological polar surface area (TPSA) is 71.8 Å². The molecule has 0 unspecified atom stereocenters. The van der Waals surface area contributed by atoms with Crippen molar-refractivity contribution in [3.8, 4) is 5.13 Å². The first-order valence-corrected chi connectivity index (χ1v) is 6.63. The zero-order valence-electron chi connectivity index (χ0n) is 10.1. The predicted octanol–water partition coefficient (Wildman–Crippen LogP) is 1.19. The Balaban J connectivity index is 1.82. The number of nitrogens with one attached hydrogen (secondary N) is 2. The second-order valence-electron chi connectivity index (χ2n) is 3.61. The van der Waals surface area contributed by atoms with Gasteiger partial charge in [-0.3, -0.25) is 0 Å². The van der Waals surface area contributed by atoms with Crippen LogP contribution in [0.5, 0.6) is 0 Å². The minimum absolute atomic E-state index is 0.139. The number of hydrogen-bond donors (Lipinski definition) is 2. The molecule has 0 radical (unpaired) electrons. The van der Waals surface area contributed by atoms with E-state index in [1.807, 2.05) is 24.6 Å². The van der Waals surface area contributed by atoms with Crippen molar-refractivity contribution in [3.05, 3.63) is 29.5 Å². The van der Waals surface area contributed by atoms with Gasteiger partial charge in [0.2, 0.25) is 5.13 Å². The Labute approximate surface area is 109 Å². The zero-order chi connectivity index (χ0) is 12.8. The lowest BCUT2D eigenvalue weighted by atomic mass is 10.3. The Bertz CT molecular complexity index is 493. The molecule has 0 aliphatic rings. The Hall–Kier alpha value is -1.89. The summed E-state index contributed by atoms with van der Waals surface area (Å²) in [7, 11) is 0. The zero-order valence-corrected chi connectivity index (χ0v) is 10.9. The van der Waals surface area contributed by atoms with Crippen molar-refractivity contribution in [1.82, 2.24) is 25.4 Å². The molecule has 0 saturated carbocycles. The number of urea groups is 1. The van der Waals surface area contributed by atoms with Crippen LogP contribution < -0.4 is 10.6 Å². The highest BCUT2D eigenvalue weighted by atomic mass is 32.1. The molecule has 0 atom stereocenters. The summed E-state index contributed by atoms with van der Waals surface area (Å²) in [6.45, 7) is 3.09. The molecule has 0 fully saturated rings. The van der Waals surface area contributed by atoms with Crippen molar-refractivity contribution >= 4 is 17.4 Å². The summed E-state index contributed by atoms with van der Waals surface area (Å²) in [6.07, 6.45) is 4.29. The van der Waals surface area contributed by atoms with Gasteiger partial charge in [0.1, 0.15) is 0 Å². The van der Waals surface area contributed by atoms with E-state index in [9.17, 15) is 4.79 Å². The lowest BCUT2D eigenvalue weighted by molar-refractivity contribution is 0.241. The fraction of sp³-hybridized carbons (Fsp3) is 0.364. The molecule has 0 aliphatic heterocycles. The Kier molecular flexibility index (Phi) is 4.30. The summed E-state index contributed by atoms with van der Waals surface area (Å²) in [6, 6.07) is 1.72. The van der Waals surface area contributed by atoms with Crippen LogP contribution in [-0.4, -0.2) is 33.9 Å². The molecule has 0 aliphatic carbocycles. The second kappa shape index (κ2) is 6.15. The molecule has 7 heteroatoms. The maximum Gasteiger partial charge on any atom is 0.314 e. The van der Waals surface area contributed by atoms with E-state index in [0.717, 1.165) is 17.2 Å². The van der Waals surface area contributed by atoms with Crippen LogP contribution >= 0.6 is 11.3 Å². The van der Waals surface area contributed by atoms with Crippen LogP contribution in [0, 0.1) is 0 Å². The van der Waals surface area contributed by atoms with Crippen LogP contribution in [-0.2, 0) is 6.42 Å². The van der Waals surface area contributed by atoms with Gasteiger partial charge in [-0.2, -0.15) is 5.10 Å². The largest absolute Gasteiger partial charge is 0.338 e. The number of carbonyl (C=O) groups is 1. The number of rotatable bonds is 5. The van der Waals surface area contributed by atoms with Gasteiger partial charge in [0.25, 0.3) is 0 Å². The average Bonchev–Trinajstić information content (AvgIpc) is 2.99. The van der Waals surface area contributed by atoms with Crippen LogP contribution in [0.3, 0.4) is 0 Å². The molecule has 0 aromatic carbocycles. The summed E-state index contributed by atoms with van der Waals surface area (Å²) in [5, 5.41) is 12.4. The molecular weight excluding hydrogens is 250 g/mol. The molecular formula is C11H15N5OS. The minimum atomic E-state index is -0.139. The van der Waals surface area contributed by atoms with Crippen molar-refractivity contribution in [2.75, 3.05) is 13.1 Å². The predicted molar refractivity (Wildman–Crippen MR) is 70.0 cm³/mol. The highest BCUT2D eigenvalue weighted by Crippen LogP contribution is 2.13. The molecule has 2 aromatic heterocycles. The molecule has 2 aromatic rings. The molecule has 18 heavy (non-hydrogen) atoms. The number of thiazole rings is 1. The number of aromatic nitrogens is 3. The van der Waals surface area contributed by atoms with E-state index in [1.165, 1.54) is 11.3 Å². The van der Waals surface area contributed by atoms with Crippen molar-refractivity contribution in [3.63, 3.8) is 0 Å². The minimum Gasteiger partial charge on any atom is -0.338 e. The lowest BCUT2D eigenvalue weighted by Crippen LogP contribution is -2.36. The van der Waals surface area contributed by atoms with Gasteiger partial charge >= 0.3 is 6.03 Å². The average molecular weight is 265 g/mol. The molecule has 6 nitrogen and oxygen atoms in total. The highest BCUT2D eigenvalue weighted by molar-refractivity contribution is 7.12. The van der Waals surface area contributed by atoms with Gasteiger partial charge in [0, 0.05) is 37.3 Å². The Morgan fingerprint density at radius 3 is 3.11 bits per heavy atom. The van der Waals surface area contributed by atoms with E-state index in [1.54, 1.807) is 10.9 Å². The molecule has 0 saturated heterocycles. The first-order chi connectivity index (χ1) is 8.79. The van der Waals surface area contributed by atoms with Gasteiger partial charge in [-0.25, -0.2) is 14.5 Å². The van der Waals surface area contributed by atoms with Gasteiger partial charge in [0.15, 0.2) is 0 Å². The second-order valence-corrected chi connectivity index (χ2v) is 4.44. The van der Waals surface area contributed by atoms with Crippen LogP contribution in [0.25, 0.3) is 5.13 Å². The summed E-state index contributed by atoms with van der Waals surface area (Å²) < 4.78 is 1.73. The van der Waals surface area contributed by atoms with Crippen LogP contribution in [0.15, 0.2) is 23.8 Å². The van der Waals surface area contributed by atoms with Gasteiger partial charge in [-0.05, 0) is 13.0 Å². The maximum absolute atomic E-state index is 11.2. The van der Waals surface area contributed by atoms with Crippen molar-refractivity contribution in [2.24, 2.45) is 0 Å². The fourth-order valence-corrected chi connectivity index (χ4v) is 2.22. The third-order valence-electron chi connectivity index (χ3n) is 2.24. The van der Waals surface area contributed by atoms with E-state index in [2.05, 4.69) is 20.7 Å². The van der Waals surface area contributed by atoms with E-state index < -0.39 is 0 Å². The quantitative estimate of drug-likeness (QED) is 0.853. The first kappa shape index (κ1) is 12.6. The third-order valence-corrected chi connectivity index (χ3v) is 3.12. The fourth-order valence-electron chi connectivity index (χ4n) is 1.43. The van der Waals surface area contributed by atoms with Crippen molar-refractivity contribution in [2.45, 2.75) is 13.3 Å². The van der Waals surface area contributed by atoms with E-state index in [0.29, 0.717) is 13.1 Å². The standard InChI is InChI=1S/C11H15N5OS/c1-2-12-10(17)13-6-4-9-8-18-11(15-9)16-7-3-5-14-16/h3,5,7-8H,2,4,6H2,1H3,(H2,12,13,17). The van der Waals surface area contributed by atoms with Crippen LogP contribution in [0.1, 0.15) is 12.6 Å².